The molecule has 0 radical (unpaired) electrons. The van der Waals surface area contributed by atoms with Gasteiger partial charge in [-0.1, -0.05) is 13.8 Å². The molecule has 1 N–H and O–H groups in total. The van der Waals surface area contributed by atoms with Crippen LogP contribution < -0.4 is 10.2 Å². The molecule has 0 bridgehead atoms. The lowest BCUT2D eigenvalue weighted by molar-refractivity contribution is -0.136. The minimum atomic E-state index is -0.839. The fourth-order valence-electron chi connectivity index (χ4n) is 3.49. The molecule has 0 spiro atoms. The van der Waals surface area contributed by atoms with Crippen LogP contribution in [-0.2, 0) is 19.8 Å². The zero-order chi connectivity index (χ0) is 17.8. The first-order chi connectivity index (χ1) is 11.1. The Labute approximate surface area is 141 Å². The number of carbonyl (C=O) groups excluding carboxylic acids is 3. The topological polar surface area (TPSA) is 66.5 Å². The smallest absolute Gasteiger partial charge is 0.249 e. The molecule has 24 heavy (non-hydrogen) atoms. The van der Waals surface area contributed by atoms with Gasteiger partial charge in [-0.15, -0.1) is 0 Å². The number of fused-ring (bicyclic) bond motifs is 1. The molecule has 2 heterocycles. The minimum absolute atomic E-state index is 0. The van der Waals surface area contributed by atoms with E-state index in [4.69, 9.17) is 0 Å². The van der Waals surface area contributed by atoms with Crippen molar-refractivity contribution < 1.29 is 20.2 Å². The predicted molar refractivity (Wildman–Crippen MR) is 89.3 cm³/mol. The van der Waals surface area contributed by atoms with Gasteiger partial charge in [0.2, 0.25) is 17.7 Å². The molecular weight excluding hydrogens is 311 g/mol. The summed E-state index contributed by atoms with van der Waals surface area (Å²) in [6.07, 6.45) is 0.419. The van der Waals surface area contributed by atoms with Crippen LogP contribution >= 0.6 is 0 Å². The van der Waals surface area contributed by atoms with Crippen molar-refractivity contribution in [2.75, 3.05) is 4.90 Å². The van der Waals surface area contributed by atoms with Crippen molar-refractivity contribution in [3.63, 3.8) is 0 Å². The van der Waals surface area contributed by atoms with Gasteiger partial charge >= 0.3 is 0 Å². The van der Waals surface area contributed by atoms with Crippen LogP contribution in [0.15, 0.2) is 12.1 Å². The molecular formula is C18H23FN2O3. The maximum Gasteiger partial charge on any atom is 0.249 e. The van der Waals surface area contributed by atoms with Crippen LogP contribution in [0.1, 0.15) is 59.0 Å². The Kier molecular flexibility index (Phi) is 3.73. The highest BCUT2D eigenvalue weighted by molar-refractivity contribution is 6.13. The van der Waals surface area contributed by atoms with Crippen LogP contribution in [0.5, 0.6) is 0 Å². The zero-order valence-electron chi connectivity index (χ0n) is 14.3. The van der Waals surface area contributed by atoms with Crippen molar-refractivity contribution in [2.24, 2.45) is 0 Å². The second-order valence-electron chi connectivity index (χ2n) is 7.31. The number of hydrogen-bond donors (Lipinski definition) is 1. The van der Waals surface area contributed by atoms with E-state index >= 15 is 0 Å². The lowest BCUT2D eigenvalue weighted by atomic mass is 9.84. The number of piperidine rings is 1. The molecule has 5 nitrogen and oxygen atoms in total. The summed E-state index contributed by atoms with van der Waals surface area (Å²) in [6.45, 7) is 7.35. The number of anilines is 1. The summed E-state index contributed by atoms with van der Waals surface area (Å²) in [5.41, 5.74) is 0.873. The van der Waals surface area contributed by atoms with E-state index in [0.717, 1.165) is 5.56 Å². The van der Waals surface area contributed by atoms with Gasteiger partial charge in [-0.2, -0.15) is 0 Å². The SMILES string of the molecule is CC(C)c1cc2c(cc1F)N(C1CCC(=O)NC1=O)C(=O)C2(C)C.[HH]. The fourth-order valence-corrected chi connectivity index (χ4v) is 3.49. The molecule has 1 saturated heterocycles. The van der Waals surface area contributed by atoms with Gasteiger partial charge in [0.1, 0.15) is 11.9 Å². The van der Waals surface area contributed by atoms with E-state index in [2.05, 4.69) is 5.32 Å². The van der Waals surface area contributed by atoms with Crippen LogP contribution in [-0.4, -0.2) is 23.8 Å². The van der Waals surface area contributed by atoms with E-state index in [0.29, 0.717) is 11.3 Å². The van der Waals surface area contributed by atoms with E-state index < -0.39 is 17.4 Å². The average Bonchev–Trinajstić information content (AvgIpc) is 2.66. The number of imide groups is 1. The highest BCUT2D eigenvalue weighted by Gasteiger charge is 2.49. The Hall–Kier alpha value is -2.24. The number of hydrogen-bond acceptors (Lipinski definition) is 3. The first-order valence-electron chi connectivity index (χ1n) is 8.16. The fraction of sp³-hybridized carbons (Fsp3) is 0.500. The van der Waals surface area contributed by atoms with Gasteiger partial charge in [0.05, 0.1) is 11.1 Å². The Morgan fingerprint density at radius 3 is 2.54 bits per heavy atom. The number of amides is 3. The Bertz CT molecular complexity index is 761. The second-order valence-corrected chi connectivity index (χ2v) is 7.31. The van der Waals surface area contributed by atoms with E-state index in [1.165, 1.54) is 11.0 Å². The highest BCUT2D eigenvalue weighted by atomic mass is 19.1. The molecule has 0 saturated carbocycles. The van der Waals surface area contributed by atoms with Crippen molar-refractivity contribution in [3.8, 4) is 0 Å². The predicted octanol–water partition coefficient (Wildman–Crippen LogP) is 2.62. The third-order valence-corrected chi connectivity index (χ3v) is 4.95. The average molecular weight is 334 g/mol. The van der Waals surface area contributed by atoms with E-state index in [1.807, 2.05) is 13.8 Å². The molecule has 3 rings (SSSR count). The van der Waals surface area contributed by atoms with E-state index in [9.17, 15) is 18.8 Å². The van der Waals surface area contributed by atoms with Crippen molar-refractivity contribution >= 4 is 23.4 Å². The molecule has 3 amide bonds. The largest absolute Gasteiger partial charge is 0.299 e. The second kappa shape index (κ2) is 5.40. The molecule has 0 aliphatic carbocycles. The first-order valence-corrected chi connectivity index (χ1v) is 8.16. The highest BCUT2D eigenvalue weighted by Crippen LogP contribution is 2.45. The Balaban J connectivity index is 0.00000225. The number of nitrogens with one attached hydrogen (secondary N) is 1. The molecule has 0 aromatic heterocycles. The van der Waals surface area contributed by atoms with Gasteiger partial charge in [-0.25, -0.2) is 4.39 Å². The lowest BCUT2D eigenvalue weighted by Gasteiger charge is -2.31. The molecule has 6 heteroatoms. The van der Waals surface area contributed by atoms with Gasteiger partial charge < -0.3 is 0 Å². The molecule has 1 aromatic carbocycles. The number of benzene rings is 1. The van der Waals surface area contributed by atoms with E-state index in [1.54, 1.807) is 19.9 Å². The third-order valence-electron chi connectivity index (χ3n) is 4.95. The standard InChI is InChI=1S/C18H21FN2O3.H2/c1-9(2)10-7-11-14(8-12(10)19)21(17(24)18(11,3)4)13-5-6-15(22)20-16(13)23;/h7-9,13H,5-6H2,1-4H3,(H,20,22,23);1H. The summed E-state index contributed by atoms with van der Waals surface area (Å²) in [4.78, 5) is 37.9. The summed E-state index contributed by atoms with van der Waals surface area (Å²) in [5.74, 6) is -1.48. The first kappa shape index (κ1) is 16.6. The van der Waals surface area contributed by atoms with Gasteiger partial charge in [-0.05, 0) is 49.4 Å². The number of rotatable bonds is 2. The molecule has 130 valence electrons. The van der Waals surface area contributed by atoms with Crippen LogP contribution in [0.4, 0.5) is 10.1 Å². The number of nitrogens with zero attached hydrogens (tertiary/aromatic N) is 1. The molecule has 1 aromatic rings. The molecule has 2 aliphatic rings. The van der Waals surface area contributed by atoms with Crippen LogP contribution in [0.25, 0.3) is 0 Å². The zero-order valence-corrected chi connectivity index (χ0v) is 14.3. The van der Waals surface area contributed by atoms with Crippen molar-refractivity contribution in [2.45, 2.75) is 57.9 Å². The molecule has 1 unspecified atom stereocenters. The number of halogens is 1. The third kappa shape index (κ3) is 2.32. The Morgan fingerprint density at radius 2 is 1.96 bits per heavy atom. The maximum absolute atomic E-state index is 14.5. The normalized spacial score (nSPS) is 22.8. The van der Waals surface area contributed by atoms with Crippen LogP contribution in [0, 0.1) is 5.82 Å². The summed E-state index contributed by atoms with van der Waals surface area (Å²) in [6, 6.07) is 2.31. The van der Waals surface area contributed by atoms with Crippen molar-refractivity contribution in [3.05, 3.63) is 29.1 Å². The van der Waals surface area contributed by atoms with E-state index in [-0.39, 0.29) is 37.8 Å². The molecule has 2 aliphatic heterocycles. The summed E-state index contributed by atoms with van der Waals surface area (Å²) in [7, 11) is 0. The summed E-state index contributed by atoms with van der Waals surface area (Å²) < 4.78 is 14.5. The quantitative estimate of drug-likeness (QED) is 0.846. The van der Waals surface area contributed by atoms with Gasteiger partial charge in [0.15, 0.2) is 0 Å². The monoisotopic (exact) mass is 334 g/mol. The van der Waals surface area contributed by atoms with Crippen molar-refractivity contribution in [1.82, 2.24) is 5.32 Å². The minimum Gasteiger partial charge on any atom is -0.299 e. The van der Waals surface area contributed by atoms with Gasteiger partial charge in [0, 0.05) is 7.85 Å². The lowest BCUT2D eigenvalue weighted by Crippen LogP contribution is -2.55. The van der Waals surface area contributed by atoms with Gasteiger partial charge in [-0.3, -0.25) is 24.6 Å². The van der Waals surface area contributed by atoms with Gasteiger partial charge in [0.25, 0.3) is 0 Å². The molecule has 1 atom stereocenters. The maximum atomic E-state index is 14.5. The summed E-state index contributed by atoms with van der Waals surface area (Å²) in [5, 5.41) is 2.26. The van der Waals surface area contributed by atoms with Crippen LogP contribution in [0.2, 0.25) is 0 Å². The number of carbonyl (C=O) groups is 3. The van der Waals surface area contributed by atoms with Crippen molar-refractivity contribution in [1.29, 1.82) is 0 Å². The van der Waals surface area contributed by atoms with Crippen LogP contribution in [0.3, 0.4) is 0 Å². The molecule has 1 fully saturated rings. The Morgan fingerprint density at radius 1 is 1.29 bits per heavy atom. The summed E-state index contributed by atoms with van der Waals surface area (Å²) >= 11 is 0.